The Kier molecular flexibility index (Phi) is 10.4. The van der Waals surface area contributed by atoms with Gasteiger partial charge in [-0.1, -0.05) is 13.8 Å². The van der Waals surface area contributed by atoms with Crippen LogP contribution in [0.2, 0.25) is 0 Å². The molecule has 24 heavy (non-hydrogen) atoms. The molecule has 0 aromatic heterocycles. The molecule has 0 radical (unpaired) electrons. The lowest BCUT2D eigenvalue weighted by atomic mass is 10.1. The Morgan fingerprint density at radius 3 is 1.96 bits per heavy atom. The van der Waals surface area contributed by atoms with Gasteiger partial charge < -0.3 is 20.6 Å². The molecule has 0 saturated heterocycles. The van der Waals surface area contributed by atoms with Crippen molar-refractivity contribution in [2.24, 2.45) is 5.92 Å². The molecule has 9 nitrogen and oxygen atoms in total. The first-order valence-electron chi connectivity index (χ1n) is 7.87. The molecule has 4 N–H and O–H groups in total. The quantitative estimate of drug-likeness (QED) is 0.347. The smallest absolute Gasteiger partial charge is 0.320 e. The molecular formula is C15H26N2O7. The highest BCUT2D eigenvalue weighted by Crippen LogP contribution is 2.10. The van der Waals surface area contributed by atoms with E-state index in [1.807, 2.05) is 13.8 Å². The van der Waals surface area contributed by atoms with Crippen LogP contribution in [-0.4, -0.2) is 69.7 Å². The Morgan fingerprint density at radius 2 is 1.54 bits per heavy atom. The Morgan fingerprint density at radius 1 is 1.00 bits per heavy atom. The molecule has 0 aliphatic rings. The normalized spacial score (nSPS) is 13.3. The summed E-state index contributed by atoms with van der Waals surface area (Å²) in [6.07, 6.45) is 1.79. The molecule has 0 aromatic rings. The maximum absolute atomic E-state index is 11.6. The monoisotopic (exact) mass is 346 g/mol. The zero-order chi connectivity index (χ0) is 18.7. The van der Waals surface area contributed by atoms with E-state index in [9.17, 15) is 24.3 Å². The molecule has 0 aromatic carbocycles. The van der Waals surface area contributed by atoms with Crippen LogP contribution in [0, 0.1) is 5.92 Å². The highest BCUT2D eigenvalue weighted by atomic mass is 16.4. The highest BCUT2D eigenvalue weighted by Gasteiger charge is 2.28. The molecule has 0 fully saturated rings. The molecule has 0 rings (SSSR count). The maximum atomic E-state index is 11.6. The summed E-state index contributed by atoms with van der Waals surface area (Å²) in [5.41, 5.74) is 0. The molecule has 0 spiro atoms. The molecule has 138 valence electrons. The van der Waals surface area contributed by atoms with Crippen molar-refractivity contribution in [1.82, 2.24) is 10.2 Å². The molecule has 0 aliphatic heterocycles. The van der Waals surface area contributed by atoms with Gasteiger partial charge in [0.05, 0.1) is 13.1 Å². The summed E-state index contributed by atoms with van der Waals surface area (Å²) in [7, 11) is 0. The third kappa shape index (κ3) is 9.09. The van der Waals surface area contributed by atoms with Crippen molar-refractivity contribution in [2.75, 3.05) is 19.6 Å². The number of carboxylic acids is 3. The van der Waals surface area contributed by atoms with E-state index < -0.39 is 37.0 Å². The largest absolute Gasteiger partial charge is 0.480 e. The van der Waals surface area contributed by atoms with E-state index in [-0.39, 0.29) is 18.2 Å². The molecule has 2 atom stereocenters. The van der Waals surface area contributed by atoms with Gasteiger partial charge in [0.25, 0.3) is 0 Å². The molecular weight excluding hydrogens is 320 g/mol. The average molecular weight is 346 g/mol. The summed E-state index contributed by atoms with van der Waals surface area (Å²) in [6.45, 7) is 2.79. The van der Waals surface area contributed by atoms with Gasteiger partial charge in [-0.2, -0.15) is 0 Å². The van der Waals surface area contributed by atoms with E-state index in [4.69, 9.17) is 10.2 Å². The minimum atomic E-state index is -1.29. The number of aliphatic carboxylic acids is 3. The Labute approximate surface area is 140 Å². The fourth-order valence-corrected chi connectivity index (χ4v) is 2.12. The summed E-state index contributed by atoms with van der Waals surface area (Å²) in [5.74, 6) is -3.99. The van der Waals surface area contributed by atoms with Gasteiger partial charge >= 0.3 is 17.9 Å². The molecule has 0 heterocycles. The van der Waals surface area contributed by atoms with Gasteiger partial charge in [-0.25, -0.2) is 0 Å². The van der Waals surface area contributed by atoms with E-state index in [1.54, 1.807) is 0 Å². The lowest BCUT2D eigenvalue weighted by Crippen LogP contribution is -2.46. The zero-order valence-corrected chi connectivity index (χ0v) is 14.0. The number of carboxylic acid groups (broad SMARTS) is 3. The van der Waals surface area contributed by atoms with E-state index in [0.29, 0.717) is 19.4 Å². The van der Waals surface area contributed by atoms with Gasteiger partial charge in [0, 0.05) is 12.5 Å². The highest BCUT2D eigenvalue weighted by molar-refractivity contribution is 5.78. The van der Waals surface area contributed by atoms with Crippen molar-refractivity contribution in [3.05, 3.63) is 0 Å². The topological polar surface area (TPSA) is 144 Å². The number of unbranched alkanes of at least 4 members (excludes halogenated alkanes) is 1. The van der Waals surface area contributed by atoms with Crippen molar-refractivity contribution in [1.29, 1.82) is 0 Å². The fourth-order valence-electron chi connectivity index (χ4n) is 2.12. The molecule has 0 bridgehead atoms. The molecule has 1 amide bonds. The van der Waals surface area contributed by atoms with Crippen molar-refractivity contribution in [3.8, 4) is 0 Å². The van der Waals surface area contributed by atoms with Crippen molar-refractivity contribution >= 4 is 23.8 Å². The zero-order valence-electron chi connectivity index (χ0n) is 14.0. The van der Waals surface area contributed by atoms with Gasteiger partial charge in [-0.3, -0.25) is 24.1 Å². The Balaban J connectivity index is 4.45. The summed E-state index contributed by atoms with van der Waals surface area (Å²) >= 11 is 0. The number of carbonyl (C=O) groups excluding carboxylic acids is 1. The lowest BCUT2D eigenvalue weighted by molar-refractivity contribution is -0.149. The lowest BCUT2D eigenvalue weighted by Gasteiger charge is -2.25. The van der Waals surface area contributed by atoms with Crippen LogP contribution in [-0.2, 0) is 19.2 Å². The number of nitrogens with zero attached hydrogens (tertiary/aromatic N) is 1. The van der Waals surface area contributed by atoms with E-state index in [0.717, 1.165) is 11.3 Å². The maximum Gasteiger partial charge on any atom is 0.320 e. The first kappa shape index (κ1) is 21.8. The van der Waals surface area contributed by atoms with Gasteiger partial charge in [-0.15, -0.1) is 0 Å². The number of amides is 1. The minimum absolute atomic E-state index is 0.0642. The Hall–Kier alpha value is -2.16. The second-order valence-electron chi connectivity index (χ2n) is 5.64. The van der Waals surface area contributed by atoms with Crippen LogP contribution in [0.3, 0.4) is 0 Å². The van der Waals surface area contributed by atoms with Gasteiger partial charge in [0.15, 0.2) is 0 Å². The number of rotatable bonds is 13. The van der Waals surface area contributed by atoms with Gasteiger partial charge in [0.1, 0.15) is 6.04 Å². The number of hydrogen-bond donors (Lipinski definition) is 4. The van der Waals surface area contributed by atoms with Crippen LogP contribution in [0.1, 0.15) is 39.5 Å². The molecule has 9 heteroatoms. The third-order valence-electron chi connectivity index (χ3n) is 3.67. The van der Waals surface area contributed by atoms with Crippen molar-refractivity contribution in [3.63, 3.8) is 0 Å². The predicted octanol–water partition coefficient (Wildman–Crippen LogP) is 0.243. The second kappa shape index (κ2) is 11.4. The Bertz CT molecular complexity index is 437. The number of hydrogen-bond acceptors (Lipinski definition) is 5. The van der Waals surface area contributed by atoms with Crippen LogP contribution >= 0.6 is 0 Å². The summed E-state index contributed by atoms with van der Waals surface area (Å²) in [5, 5.41) is 29.6. The van der Waals surface area contributed by atoms with Crippen LogP contribution in [0.5, 0.6) is 0 Å². The molecule has 1 unspecified atom stereocenters. The summed E-state index contributed by atoms with van der Waals surface area (Å²) in [4.78, 5) is 45.4. The van der Waals surface area contributed by atoms with Crippen molar-refractivity contribution in [2.45, 2.75) is 45.6 Å². The number of carbonyl (C=O) groups is 4. The standard InChI is InChI=1S/C15H26N2O7/c1-3-10(2)14(22)16-7-5-4-6-11(15(23)24)17(8-12(18)19)9-13(20)21/h10-11H,3-9H2,1-2H3,(H,16,22)(H,18,19)(H,20,21)(H,23,24)/t10?,11-/m0/s1. The first-order chi connectivity index (χ1) is 11.2. The van der Waals surface area contributed by atoms with Crippen LogP contribution in [0.4, 0.5) is 0 Å². The molecule has 0 saturated carbocycles. The van der Waals surface area contributed by atoms with Crippen molar-refractivity contribution < 1.29 is 34.5 Å². The van der Waals surface area contributed by atoms with Gasteiger partial charge in [0.2, 0.25) is 5.91 Å². The fraction of sp³-hybridized carbons (Fsp3) is 0.733. The average Bonchev–Trinajstić information content (AvgIpc) is 2.47. The second-order valence-corrected chi connectivity index (χ2v) is 5.64. The predicted molar refractivity (Wildman–Crippen MR) is 84.6 cm³/mol. The van der Waals surface area contributed by atoms with E-state index in [1.165, 1.54) is 0 Å². The van der Waals surface area contributed by atoms with E-state index >= 15 is 0 Å². The molecule has 0 aliphatic carbocycles. The SMILES string of the molecule is CCC(C)C(=O)NCCCC[C@@H](C(=O)O)N(CC(=O)O)CC(=O)O. The summed E-state index contributed by atoms with van der Waals surface area (Å²) in [6, 6.07) is -1.19. The van der Waals surface area contributed by atoms with Crippen LogP contribution in [0.25, 0.3) is 0 Å². The van der Waals surface area contributed by atoms with Crippen LogP contribution in [0.15, 0.2) is 0 Å². The van der Waals surface area contributed by atoms with Crippen LogP contribution < -0.4 is 5.32 Å². The van der Waals surface area contributed by atoms with E-state index in [2.05, 4.69) is 5.32 Å². The summed E-state index contributed by atoms with van der Waals surface area (Å²) < 4.78 is 0. The number of nitrogens with one attached hydrogen (secondary N) is 1. The minimum Gasteiger partial charge on any atom is -0.480 e. The van der Waals surface area contributed by atoms with Gasteiger partial charge in [-0.05, 0) is 25.7 Å². The third-order valence-corrected chi connectivity index (χ3v) is 3.67. The first-order valence-corrected chi connectivity index (χ1v) is 7.87.